The van der Waals surface area contributed by atoms with Gasteiger partial charge in [0.05, 0.1) is 10.6 Å². The zero-order valence-electron chi connectivity index (χ0n) is 15.6. The van der Waals surface area contributed by atoms with Crippen LogP contribution in [-0.2, 0) is 9.59 Å². The molecule has 0 atom stereocenters. The summed E-state index contributed by atoms with van der Waals surface area (Å²) in [5.41, 5.74) is 0.325. The molecule has 9 heteroatoms. The van der Waals surface area contributed by atoms with Crippen molar-refractivity contribution in [2.75, 3.05) is 13.2 Å². The summed E-state index contributed by atoms with van der Waals surface area (Å²) < 4.78 is 24.9. The number of allylic oxidation sites excluding steroid dienone is 1. The molecular weight excluding hydrogens is 417 g/mol. The standard InChI is InChI=1S/C21H17ClFNO6/c22-15-3-1-4-16(23)14(15)10-18-21(28)13-7-6-12(9-17(13)30-18)29-11-19(25)24-8-2-5-20(26)27/h1,3-4,6-7,9-10H,2,5,8,11H2,(H,24,25)(H,26,27). The Morgan fingerprint density at radius 2 is 2.07 bits per heavy atom. The summed E-state index contributed by atoms with van der Waals surface area (Å²) in [4.78, 5) is 34.7. The van der Waals surface area contributed by atoms with Gasteiger partial charge in [0.25, 0.3) is 5.91 Å². The number of halogens is 2. The highest BCUT2D eigenvalue weighted by Crippen LogP contribution is 2.35. The Labute approximate surface area is 176 Å². The van der Waals surface area contributed by atoms with Crippen LogP contribution in [0, 0.1) is 5.82 Å². The lowest BCUT2D eigenvalue weighted by molar-refractivity contribution is -0.137. The molecule has 0 unspecified atom stereocenters. The number of carbonyl (C=O) groups is 3. The second-order valence-corrected chi connectivity index (χ2v) is 6.78. The van der Waals surface area contributed by atoms with Crippen LogP contribution in [0.3, 0.4) is 0 Å². The van der Waals surface area contributed by atoms with Gasteiger partial charge in [-0.2, -0.15) is 0 Å². The zero-order valence-corrected chi connectivity index (χ0v) is 16.4. The fourth-order valence-corrected chi connectivity index (χ4v) is 2.92. The molecule has 156 valence electrons. The van der Waals surface area contributed by atoms with Gasteiger partial charge in [0.1, 0.15) is 17.3 Å². The van der Waals surface area contributed by atoms with Gasteiger partial charge < -0.3 is 19.9 Å². The first kappa shape index (κ1) is 21.3. The molecule has 1 amide bonds. The SMILES string of the molecule is O=C(O)CCCNC(=O)COc1ccc2c(c1)OC(=Cc1c(F)cccc1Cl)C2=O. The molecule has 0 fully saturated rings. The van der Waals surface area contributed by atoms with E-state index in [9.17, 15) is 18.8 Å². The molecule has 1 aliphatic heterocycles. The minimum atomic E-state index is -0.932. The topological polar surface area (TPSA) is 102 Å². The first-order valence-electron chi connectivity index (χ1n) is 8.99. The number of fused-ring (bicyclic) bond motifs is 1. The number of carbonyl (C=O) groups excluding carboxylic acids is 2. The molecule has 0 aromatic heterocycles. The molecular formula is C21H17ClFNO6. The van der Waals surface area contributed by atoms with Gasteiger partial charge in [0.2, 0.25) is 5.78 Å². The Balaban J connectivity index is 1.62. The summed E-state index contributed by atoms with van der Waals surface area (Å²) in [6.45, 7) is -0.0591. The third-order valence-electron chi connectivity index (χ3n) is 4.18. The van der Waals surface area contributed by atoms with E-state index in [1.54, 1.807) is 0 Å². The monoisotopic (exact) mass is 433 g/mol. The van der Waals surface area contributed by atoms with E-state index in [-0.39, 0.29) is 47.2 Å². The minimum Gasteiger partial charge on any atom is -0.484 e. The lowest BCUT2D eigenvalue weighted by Crippen LogP contribution is -2.29. The predicted octanol–water partition coefficient (Wildman–Crippen LogP) is 3.46. The number of carboxylic acids is 1. The molecule has 0 radical (unpaired) electrons. The molecule has 0 saturated heterocycles. The molecule has 0 spiro atoms. The van der Waals surface area contributed by atoms with Crippen molar-refractivity contribution in [2.24, 2.45) is 0 Å². The number of Topliss-reactive ketones (excluding diaryl/α,β-unsaturated/α-hetero) is 1. The number of ether oxygens (including phenoxy) is 2. The van der Waals surface area contributed by atoms with Crippen molar-refractivity contribution in [1.29, 1.82) is 0 Å². The molecule has 30 heavy (non-hydrogen) atoms. The third-order valence-corrected chi connectivity index (χ3v) is 4.51. The van der Waals surface area contributed by atoms with Crippen molar-refractivity contribution in [3.05, 3.63) is 64.1 Å². The van der Waals surface area contributed by atoms with Gasteiger partial charge in [0, 0.05) is 24.6 Å². The molecule has 2 aromatic rings. The summed E-state index contributed by atoms with van der Waals surface area (Å²) in [5, 5.41) is 11.2. The largest absolute Gasteiger partial charge is 0.484 e. The lowest BCUT2D eigenvalue weighted by Gasteiger charge is -2.08. The number of nitrogens with one attached hydrogen (secondary N) is 1. The van der Waals surface area contributed by atoms with E-state index >= 15 is 0 Å². The highest BCUT2D eigenvalue weighted by molar-refractivity contribution is 6.32. The van der Waals surface area contributed by atoms with Crippen LogP contribution < -0.4 is 14.8 Å². The number of hydrogen-bond donors (Lipinski definition) is 2. The van der Waals surface area contributed by atoms with Crippen molar-refractivity contribution in [3.63, 3.8) is 0 Å². The Morgan fingerprint density at radius 3 is 2.80 bits per heavy atom. The molecule has 7 nitrogen and oxygen atoms in total. The summed E-state index contributed by atoms with van der Waals surface area (Å²) in [5.74, 6) is -1.91. The first-order chi connectivity index (χ1) is 14.3. The minimum absolute atomic E-state index is 0.0364. The number of ketones is 1. The smallest absolute Gasteiger partial charge is 0.303 e. The van der Waals surface area contributed by atoms with Crippen LogP contribution in [0.15, 0.2) is 42.2 Å². The Morgan fingerprint density at radius 1 is 1.27 bits per heavy atom. The fraction of sp³-hybridized carbons (Fsp3) is 0.190. The van der Waals surface area contributed by atoms with Gasteiger partial charge in [-0.25, -0.2) is 4.39 Å². The molecule has 1 aliphatic rings. The van der Waals surface area contributed by atoms with E-state index in [4.69, 9.17) is 26.2 Å². The number of benzene rings is 2. The van der Waals surface area contributed by atoms with Crippen LogP contribution in [0.5, 0.6) is 11.5 Å². The van der Waals surface area contributed by atoms with E-state index in [2.05, 4.69) is 5.32 Å². The quantitative estimate of drug-likeness (QED) is 0.488. The van der Waals surface area contributed by atoms with Gasteiger partial charge in [0.15, 0.2) is 12.4 Å². The van der Waals surface area contributed by atoms with Crippen LogP contribution in [0.25, 0.3) is 6.08 Å². The Kier molecular flexibility index (Phi) is 6.68. The molecule has 0 bridgehead atoms. The van der Waals surface area contributed by atoms with Crippen LogP contribution in [0.4, 0.5) is 4.39 Å². The molecule has 2 N–H and O–H groups in total. The molecule has 1 heterocycles. The maximum atomic E-state index is 14.0. The van der Waals surface area contributed by atoms with Crippen molar-refractivity contribution in [1.82, 2.24) is 5.32 Å². The fourth-order valence-electron chi connectivity index (χ4n) is 2.70. The third kappa shape index (κ3) is 5.15. The molecule has 3 rings (SSSR count). The number of rotatable bonds is 8. The van der Waals surface area contributed by atoms with E-state index in [0.29, 0.717) is 12.2 Å². The summed E-state index contributed by atoms with van der Waals surface area (Å²) in [7, 11) is 0. The van der Waals surface area contributed by atoms with Crippen molar-refractivity contribution < 1.29 is 33.4 Å². The van der Waals surface area contributed by atoms with Crippen molar-refractivity contribution >= 4 is 35.3 Å². The van der Waals surface area contributed by atoms with Crippen molar-refractivity contribution in [2.45, 2.75) is 12.8 Å². The van der Waals surface area contributed by atoms with Gasteiger partial charge >= 0.3 is 5.97 Å². The summed E-state index contributed by atoms with van der Waals surface area (Å²) >= 11 is 5.99. The van der Waals surface area contributed by atoms with Crippen LogP contribution in [-0.4, -0.2) is 35.9 Å². The summed E-state index contributed by atoms with van der Waals surface area (Å²) in [6, 6.07) is 8.64. The Bertz CT molecular complexity index is 1020. The average Bonchev–Trinajstić information content (AvgIpc) is 3.01. The van der Waals surface area contributed by atoms with Gasteiger partial charge in [-0.1, -0.05) is 17.7 Å². The number of amides is 1. The molecule has 2 aromatic carbocycles. The van der Waals surface area contributed by atoms with Crippen LogP contribution in [0.1, 0.15) is 28.8 Å². The number of carboxylic acid groups (broad SMARTS) is 1. The maximum Gasteiger partial charge on any atom is 0.303 e. The summed E-state index contributed by atoms with van der Waals surface area (Å²) in [6.07, 6.45) is 1.52. The van der Waals surface area contributed by atoms with Gasteiger partial charge in [-0.3, -0.25) is 14.4 Å². The second kappa shape index (κ2) is 9.41. The second-order valence-electron chi connectivity index (χ2n) is 6.37. The predicted molar refractivity (Wildman–Crippen MR) is 106 cm³/mol. The highest BCUT2D eigenvalue weighted by atomic mass is 35.5. The first-order valence-corrected chi connectivity index (χ1v) is 9.36. The van der Waals surface area contributed by atoms with E-state index < -0.39 is 23.5 Å². The lowest BCUT2D eigenvalue weighted by atomic mass is 10.1. The zero-order chi connectivity index (χ0) is 21.7. The van der Waals surface area contributed by atoms with E-state index in [1.165, 1.54) is 42.5 Å². The molecule has 0 aliphatic carbocycles. The van der Waals surface area contributed by atoms with Crippen LogP contribution in [0.2, 0.25) is 5.02 Å². The van der Waals surface area contributed by atoms with Gasteiger partial charge in [-0.15, -0.1) is 0 Å². The normalized spacial score (nSPS) is 13.7. The Hall–Kier alpha value is -3.39. The highest BCUT2D eigenvalue weighted by Gasteiger charge is 2.28. The van der Waals surface area contributed by atoms with Gasteiger partial charge in [-0.05, 0) is 36.8 Å². The van der Waals surface area contributed by atoms with E-state index in [0.717, 1.165) is 0 Å². The van der Waals surface area contributed by atoms with Crippen LogP contribution >= 0.6 is 11.6 Å². The van der Waals surface area contributed by atoms with Crippen molar-refractivity contribution in [3.8, 4) is 11.5 Å². The maximum absolute atomic E-state index is 14.0. The number of aliphatic carboxylic acids is 1. The molecule has 0 saturated carbocycles. The number of hydrogen-bond acceptors (Lipinski definition) is 5. The van der Waals surface area contributed by atoms with E-state index in [1.807, 2.05) is 0 Å². The average molecular weight is 434 g/mol.